The molecular formula is C76H76. The zero-order valence-electron chi connectivity index (χ0n) is 46.5. The van der Waals surface area contributed by atoms with Gasteiger partial charge in [-0.1, -0.05) is 277 Å². The average molecular weight is 989 g/mol. The van der Waals surface area contributed by atoms with Crippen LogP contribution in [0.2, 0.25) is 0 Å². The summed E-state index contributed by atoms with van der Waals surface area (Å²) in [7, 11) is 0. The summed E-state index contributed by atoms with van der Waals surface area (Å²) < 4.78 is 0. The summed E-state index contributed by atoms with van der Waals surface area (Å²) >= 11 is 0. The highest BCUT2D eigenvalue weighted by Crippen LogP contribution is 2.55. The van der Waals surface area contributed by atoms with Crippen LogP contribution in [0.3, 0.4) is 0 Å². The highest BCUT2D eigenvalue weighted by atomic mass is 14.5. The molecule has 12 rings (SSSR count). The van der Waals surface area contributed by atoms with Gasteiger partial charge >= 0.3 is 0 Å². The lowest BCUT2D eigenvalue weighted by Crippen LogP contribution is -2.25. The number of aryl methyl sites for hydroxylation is 4. The SMILES string of the molecule is C/C=C/Cc1c(-c2ccc3c(c2)C(C)(C)c2cc(C)ccc2-3)cccc1-c1ccccc1C.CCCc1ccc(-c2ccccc2C2C=CC=CC2)cc1.Cc1ccc2c(c1)C(C)(C)C1C=C(c3ccccc3)C=CC21. The first-order valence-corrected chi connectivity index (χ1v) is 28.0. The van der Waals surface area contributed by atoms with Gasteiger partial charge < -0.3 is 0 Å². The van der Waals surface area contributed by atoms with Crippen LogP contribution in [-0.2, 0) is 23.7 Å². The van der Waals surface area contributed by atoms with E-state index in [2.05, 4.69) is 293 Å². The third kappa shape index (κ3) is 10.4. The third-order valence-electron chi connectivity index (χ3n) is 16.9. The number of hydrogen-bond acceptors (Lipinski definition) is 0. The van der Waals surface area contributed by atoms with Gasteiger partial charge in [0.25, 0.3) is 0 Å². The molecule has 3 unspecified atom stereocenters. The van der Waals surface area contributed by atoms with Gasteiger partial charge in [-0.2, -0.15) is 0 Å². The number of rotatable bonds is 9. The van der Waals surface area contributed by atoms with E-state index in [4.69, 9.17) is 0 Å². The highest BCUT2D eigenvalue weighted by Gasteiger charge is 2.45. The summed E-state index contributed by atoms with van der Waals surface area (Å²) in [6, 6.07) is 65.1. The Kier molecular flexibility index (Phi) is 15.3. The summed E-state index contributed by atoms with van der Waals surface area (Å²) in [6.45, 7) is 20.5. The molecule has 0 heterocycles. The molecule has 0 aliphatic heterocycles. The molecule has 8 aromatic carbocycles. The maximum atomic E-state index is 2.50. The summed E-state index contributed by atoms with van der Waals surface area (Å²) in [5, 5.41) is 0. The minimum Gasteiger partial charge on any atom is -0.0913 e. The number of benzene rings is 8. The molecule has 4 aliphatic carbocycles. The van der Waals surface area contributed by atoms with Crippen LogP contribution >= 0.6 is 0 Å². The van der Waals surface area contributed by atoms with Crippen molar-refractivity contribution in [1.82, 2.24) is 0 Å². The zero-order valence-corrected chi connectivity index (χ0v) is 46.5. The number of hydrogen-bond donors (Lipinski definition) is 0. The Hall–Kier alpha value is -7.54. The molecular weight excluding hydrogens is 913 g/mol. The predicted molar refractivity (Wildman–Crippen MR) is 328 cm³/mol. The van der Waals surface area contributed by atoms with Crippen LogP contribution in [0.25, 0.3) is 50.1 Å². The molecule has 3 atom stereocenters. The van der Waals surface area contributed by atoms with E-state index in [1.807, 2.05) is 0 Å². The number of allylic oxidation sites excluding steroid dienone is 10. The van der Waals surface area contributed by atoms with Crippen LogP contribution in [-0.4, -0.2) is 0 Å². The van der Waals surface area contributed by atoms with Crippen LogP contribution in [0.4, 0.5) is 0 Å². The third-order valence-corrected chi connectivity index (χ3v) is 16.9. The highest BCUT2D eigenvalue weighted by molar-refractivity contribution is 5.86. The van der Waals surface area contributed by atoms with Gasteiger partial charge in [-0.15, -0.1) is 0 Å². The van der Waals surface area contributed by atoms with E-state index < -0.39 is 0 Å². The number of fused-ring (bicyclic) bond motifs is 6. The van der Waals surface area contributed by atoms with Crippen molar-refractivity contribution < 1.29 is 0 Å². The van der Waals surface area contributed by atoms with Gasteiger partial charge in [-0.3, -0.25) is 0 Å². The van der Waals surface area contributed by atoms with E-state index >= 15 is 0 Å². The molecule has 0 N–H and O–H groups in total. The van der Waals surface area contributed by atoms with Gasteiger partial charge in [0.05, 0.1) is 0 Å². The first kappa shape index (κ1) is 51.9. The lowest BCUT2D eigenvalue weighted by molar-refractivity contribution is 0.395. The second kappa shape index (κ2) is 22.4. The van der Waals surface area contributed by atoms with Crippen LogP contribution in [0.15, 0.2) is 231 Å². The lowest BCUT2D eigenvalue weighted by Gasteiger charge is -2.31. The molecule has 0 aromatic heterocycles. The van der Waals surface area contributed by atoms with E-state index in [1.54, 1.807) is 0 Å². The molecule has 0 fully saturated rings. The quantitative estimate of drug-likeness (QED) is 0.126. The molecule has 8 aromatic rings. The molecule has 0 saturated carbocycles. The summed E-state index contributed by atoms with van der Waals surface area (Å²) in [5.41, 5.74) is 27.8. The van der Waals surface area contributed by atoms with E-state index in [1.165, 1.54) is 118 Å². The fourth-order valence-electron chi connectivity index (χ4n) is 12.6. The van der Waals surface area contributed by atoms with Crippen molar-refractivity contribution in [3.63, 3.8) is 0 Å². The Balaban J connectivity index is 0.000000135. The molecule has 4 aliphatic rings. The standard InChI is InChI=1S/C33H32.C22H22.C21H22/c1-6-7-12-28-26(14-10-15-27(28)25-13-9-8-11-23(25)3)24-17-19-30-29-18-16-22(2)20-31(29)33(4,5)32(30)21-24;1-15-9-11-18-19-12-10-17(16-7-5-4-6-8-16)14-21(19)22(2,3)20(18)13-15;1-2-8-17-13-15-19(16-14-17)21-12-7-6-11-20(21)18-9-4-3-5-10-18/h6-11,13-21H,12H2,1-5H3;4-14,19,21H,1-3H3;3-7,9,11-16,18H,2,8,10H2,1H3/b7-6+;;. The Labute approximate surface area is 456 Å². The summed E-state index contributed by atoms with van der Waals surface area (Å²) in [6.07, 6.45) is 24.9. The average Bonchev–Trinajstić information content (AvgIpc) is 3.81. The molecule has 0 saturated heterocycles. The first-order valence-electron chi connectivity index (χ1n) is 28.0. The maximum absolute atomic E-state index is 2.50. The minimum atomic E-state index is 0.00378. The Morgan fingerprint density at radius 1 is 0.526 bits per heavy atom. The van der Waals surface area contributed by atoms with Crippen LogP contribution in [0.5, 0.6) is 0 Å². The van der Waals surface area contributed by atoms with Gasteiger partial charge in [0.15, 0.2) is 0 Å². The fraction of sp³-hybridized carbons (Fsp3) is 0.237. The molecule has 0 bridgehead atoms. The Morgan fingerprint density at radius 2 is 1.17 bits per heavy atom. The smallest absolute Gasteiger partial charge is 0.0159 e. The molecule has 0 heteroatoms. The van der Waals surface area contributed by atoms with Crippen molar-refractivity contribution in [1.29, 1.82) is 0 Å². The van der Waals surface area contributed by atoms with Gasteiger partial charge in [0.1, 0.15) is 0 Å². The van der Waals surface area contributed by atoms with Crippen molar-refractivity contribution in [2.45, 2.75) is 111 Å². The zero-order chi connectivity index (χ0) is 53.0. The van der Waals surface area contributed by atoms with Crippen molar-refractivity contribution in [2.75, 3.05) is 0 Å². The second-order valence-electron chi connectivity index (χ2n) is 22.8. The predicted octanol–water partition coefficient (Wildman–Crippen LogP) is 20.6. The van der Waals surface area contributed by atoms with Crippen molar-refractivity contribution in [2.24, 2.45) is 5.92 Å². The van der Waals surface area contributed by atoms with Crippen LogP contribution in [0.1, 0.15) is 127 Å². The molecule has 380 valence electrons. The molecule has 76 heavy (non-hydrogen) atoms. The maximum Gasteiger partial charge on any atom is 0.0159 e. The van der Waals surface area contributed by atoms with Crippen LogP contribution < -0.4 is 0 Å². The topological polar surface area (TPSA) is 0 Å². The van der Waals surface area contributed by atoms with E-state index in [0.29, 0.717) is 17.8 Å². The van der Waals surface area contributed by atoms with Crippen LogP contribution in [0, 0.1) is 26.7 Å². The lowest BCUT2D eigenvalue weighted by atomic mass is 9.73. The van der Waals surface area contributed by atoms with E-state index in [0.717, 1.165) is 19.3 Å². The monoisotopic (exact) mass is 989 g/mol. The minimum absolute atomic E-state index is 0.00378. The van der Waals surface area contributed by atoms with E-state index in [-0.39, 0.29) is 10.8 Å². The molecule has 0 spiro atoms. The van der Waals surface area contributed by atoms with Gasteiger partial charge in [-0.25, -0.2) is 0 Å². The first-order chi connectivity index (χ1) is 36.9. The summed E-state index contributed by atoms with van der Waals surface area (Å²) in [4.78, 5) is 0. The summed E-state index contributed by atoms with van der Waals surface area (Å²) in [5.74, 6) is 1.57. The van der Waals surface area contributed by atoms with Crippen molar-refractivity contribution in [3.05, 3.63) is 292 Å². The normalized spacial score (nSPS) is 17.9. The molecule has 0 amide bonds. The largest absolute Gasteiger partial charge is 0.0913 e. The fourth-order valence-corrected chi connectivity index (χ4v) is 12.6. The van der Waals surface area contributed by atoms with Gasteiger partial charge in [-0.05, 0) is 165 Å². The molecule has 0 nitrogen and oxygen atoms in total. The van der Waals surface area contributed by atoms with E-state index in [9.17, 15) is 0 Å². The Morgan fingerprint density at radius 3 is 1.89 bits per heavy atom. The Bertz CT molecular complexity index is 3520. The molecule has 0 radical (unpaired) electrons. The van der Waals surface area contributed by atoms with Crippen molar-refractivity contribution in [3.8, 4) is 44.5 Å². The van der Waals surface area contributed by atoms with Gasteiger partial charge in [0.2, 0.25) is 0 Å². The second-order valence-corrected chi connectivity index (χ2v) is 22.8. The van der Waals surface area contributed by atoms with Gasteiger partial charge in [0, 0.05) is 17.3 Å². The van der Waals surface area contributed by atoms with Crippen molar-refractivity contribution >= 4 is 5.57 Å².